The summed E-state index contributed by atoms with van der Waals surface area (Å²) >= 11 is 0. The molecule has 0 spiro atoms. The van der Waals surface area contributed by atoms with Crippen molar-refractivity contribution in [1.82, 2.24) is 4.90 Å². The third-order valence-corrected chi connectivity index (χ3v) is 3.21. The van der Waals surface area contributed by atoms with Gasteiger partial charge in [-0.15, -0.1) is 0 Å². The van der Waals surface area contributed by atoms with E-state index in [9.17, 15) is 32.3 Å². The predicted octanol–water partition coefficient (Wildman–Crippen LogP) is 0.286. The number of rotatable bonds is 4. The fraction of sp³-hybridized carbons (Fsp3) is 0.667. The number of nitrogens with zero attached hydrogens (tertiary/aromatic N) is 1. The lowest BCUT2D eigenvalue weighted by Crippen LogP contribution is -2.57. The molecule has 126 valence electrons. The summed E-state index contributed by atoms with van der Waals surface area (Å²) in [4.78, 5) is 22.7. The number of hydrogen-bond donors (Lipinski definition) is 2. The maximum atomic E-state index is 14.0. The highest BCUT2D eigenvalue weighted by Gasteiger charge is 2.70. The molecule has 2 N–H and O–H groups in total. The van der Waals surface area contributed by atoms with Gasteiger partial charge in [0.1, 0.15) is 6.10 Å². The van der Waals surface area contributed by atoms with E-state index in [2.05, 4.69) is 4.74 Å². The van der Waals surface area contributed by atoms with Crippen LogP contribution in [0.1, 0.15) is 13.8 Å². The van der Waals surface area contributed by atoms with Crippen molar-refractivity contribution in [3.63, 3.8) is 0 Å². The minimum atomic E-state index is -5.27. The Bertz CT molecular complexity index is 481. The number of carbonyl (C=O) groups excluding carboxylic acids is 2. The molecule has 0 aromatic heterocycles. The molecule has 1 rings (SSSR count). The maximum Gasteiger partial charge on any atom is 0.422 e. The number of ketones is 1. The van der Waals surface area contributed by atoms with Gasteiger partial charge in [-0.25, -0.2) is 4.39 Å². The topological polar surface area (TPSA) is 87.1 Å². The average molecular weight is 329 g/mol. The van der Waals surface area contributed by atoms with E-state index in [0.29, 0.717) is 4.90 Å². The summed E-state index contributed by atoms with van der Waals surface area (Å²) in [6.07, 6.45) is -11.2. The van der Waals surface area contributed by atoms with Gasteiger partial charge in [-0.2, -0.15) is 13.2 Å². The van der Waals surface area contributed by atoms with E-state index in [0.717, 1.165) is 26.1 Å². The molecule has 1 aliphatic heterocycles. The number of hydrogen-bond acceptors (Lipinski definition) is 5. The minimum Gasteiger partial charge on any atom is -0.393 e. The van der Waals surface area contributed by atoms with Crippen LogP contribution in [0.15, 0.2) is 12.3 Å². The first-order valence-electron chi connectivity index (χ1n) is 6.13. The normalized spacial score (nSPS) is 32.5. The summed E-state index contributed by atoms with van der Waals surface area (Å²) < 4.78 is 57.5. The fourth-order valence-corrected chi connectivity index (χ4v) is 1.98. The smallest absolute Gasteiger partial charge is 0.393 e. The Morgan fingerprint density at radius 2 is 1.91 bits per heavy atom. The van der Waals surface area contributed by atoms with Gasteiger partial charge in [-0.05, 0) is 13.0 Å². The molecule has 0 aromatic rings. The number of amides is 1. The number of alkyl halides is 4. The van der Waals surface area contributed by atoms with E-state index in [1.54, 1.807) is 0 Å². The molecule has 0 bridgehead atoms. The first kappa shape index (κ1) is 18.5. The van der Waals surface area contributed by atoms with Gasteiger partial charge in [0.2, 0.25) is 11.5 Å². The first-order valence-corrected chi connectivity index (χ1v) is 6.13. The van der Waals surface area contributed by atoms with E-state index in [1.165, 1.54) is 0 Å². The van der Waals surface area contributed by atoms with Gasteiger partial charge in [-0.3, -0.25) is 14.5 Å². The molecular weight excluding hydrogens is 314 g/mol. The largest absolute Gasteiger partial charge is 0.422 e. The van der Waals surface area contributed by atoms with Crippen LogP contribution in [0.25, 0.3) is 0 Å². The van der Waals surface area contributed by atoms with Gasteiger partial charge in [0, 0.05) is 13.1 Å². The highest BCUT2D eigenvalue weighted by molar-refractivity contribution is 5.88. The Balaban J connectivity index is 3.20. The number of ether oxygens (including phenoxy) is 1. The molecular formula is C12H15F4NO5. The Morgan fingerprint density at radius 3 is 2.23 bits per heavy atom. The molecule has 6 nitrogen and oxygen atoms in total. The van der Waals surface area contributed by atoms with Crippen molar-refractivity contribution in [3.05, 3.63) is 12.3 Å². The van der Waals surface area contributed by atoms with Crippen molar-refractivity contribution >= 4 is 11.7 Å². The van der Waals surface area contributed by atoms with Crippen molar-refractivity contribution in [1.29, 1.82) is 0 Å². The number of aliphatic hydroxyl groups is 2. The van der Waals surface area contributed by atoms with E-state index < -0.39 is 48.6 Å². The molecule has 10 heteroatoms. The second kappa shape index (κ2) is 6.31. The molecule has 1 saturated heterocycles. The van der Waals surface area contributed by atoms with Crippen LogP contribution in [-0.4, -0.2) is 63.7 Å². The average Bonchev–Trinajstić information content (AvgIpc) is 2.63. The van der Waals surface area contributed by atoms with Crippen molar-refractivity contribution in [2.75, 3.05) is 6.61 Å². The molecule has 1 heterocycles. The van der Waals surface area contributed by atoms with Crippen LogP contribution in [0.5, 0.6) is 0 Å². The van der Waals surface area contributed by atoms with Crippen molar-refractivity contribution in [2.24, 2.45) is 0 Å². The molecule has 1 aliphatic rings. The summed E-state index contributed by atoms with van der Waals surface area (Å²) in [7, 11) is 0. The Kier molecular flexibility index (Phi) is 5.31. The quantitative estimate of drug-likeness (QED) is 0.572. The van der Waals surface area contributed by atoms with E-state index in [4.69, 9.17) is 5.11 Å². The molecule has 0 saturated carbocycles. The summed E-state index contributed by atoms with van der Waals surface area (Å²) in [5, 5.41) is 18.5. The van der Waals surface area contributed by atoms with Crippen LogP contribution < -0.4 is 0 Å². The standard InChI is InChI=1S/C12H15F4NO5/c1-6(19)3-4-17(7(2)20)10-8(13)9(21)11(5-18,22-10)12(14,15)16/h3-4,8-10,18,21H,5H2,1-2H3/b4-3-/t8-,9+,10-,11-/m1/s1. The van der Waals surface area contributed by atoms with Gasteiger partial charge >= 0.3 is 6.18 Å². The van der Waals surface area contributed by atoms with Crippen LogP contribution in [0.2, 0.25) is 0 Å². The maximum absolute atomic E-state index is 14.0. The third-order valence-electron chi connectivity index (χ3n) is 3.21. The van der Waals surface area contributed by atoms with Crippen molar-refractivity contribution in [2.45, 2.75) is 44.1 Å². The lowest BCUT2D eigenvalue weighted by Gasteiger charge is -2.32. The monoisotopic (exact) mass is 329 g/mol. The number of carbonyl (C=O) groups is 2. The predicted molar refractivity (Wildman–Crippen MR) is 64.0 cm³/mol. The summed E-state index contributed by atoms with van der Waals surface area (Å²) in [5.41, 5.74) is -3.55. The fourth-order valence-electron chi connectivity index (χ4n) is 1.98. The highest BCUT2D eigenvalue weighted by Crippen LogP contribution is 2.45. The second-order valence-corrected chi connectivity index (χ2v) is 4.80. The molecule has 0 aromatic carbocycles. The molecule has 4 atom stereocenters. The van der Waals surface area contributed by atoms with E-state index >= 15 is 0 Å². The summed E-state index contributed by atoms with van der Waals surface area (Å²) in [6, 6.07) is 0. The zero-order chi connectivity index (χ0) is 17.3. The molecule has 1 amide bonds. The molecule has 1 fully saturated rings. The molecule has 0 radical (unpaired) electrons. The molecule has 0 unspecified atom stereocenters. The third kappa shape index (κ3) is 3.13. The lowest BCUT2D eigenvalue weighted by atomic mass is 9.96. The van der Waals surface area contributed by atoms with Crippen LogP contribution in [0.4, 0.5) is 17.6 Å². The Morgan fingerprint density at radius 1 is 1.36 bits per heavy atom. The second-order valence-electron chi connectivity index (χ2n) is 4.80. The number of halogens is 4. The lowest BCUT2D eigenvalue weighted by molar-refractivity contribution is -0.306. The first-order chi connectivity index (χ1) is 9.98. The Hall–Kier alpha value is -1.52. The van der Waals surface area contributed by atoms with Gasteiger partial charge in [0.25, 0.3) is 0 Å². The Labute approximate surface area is 123 Å². The van der Waals surface area contributed by atoms with Gasteiger partial charge in [0.15, 0.2) is 18.2 Å². The van der Waals surface area contributed by atoms with Crippen LogP contribution in [0, 0.1) is 0 Å². The highest BCUT2D eigenvalue weighted by atomic mass is 19.4. The van der Waals surface area contributed by atoms with Gasteiger partial charge in [-0.1, -0.05) is 0 Å². The van der Waals surface area contributed by atoms with Crippen LogP contribution in [-0.2, 0) is 14.3 Å². The number of allylic oxidation sites excluding steroid dienone is 1. The zero-order valence-electron chi connectivity index (χ0n) is 11.7. The molecule has 22 heavy (non-hydrogen) atoms. The minimum absolute atomic E-state index is 0.415. The van der Waals surface area contributed by atoms with Gasteiger partial charge in [0.05, 0.1) is 6.61 Å². The van der Waals surface area contributed by atoms with Crippen molar-refractivity contribution < 1.29 is 42.1 Å². The van der Waals surface area contributed by atoms with Crippen molar-refractivity contribution in [3.8, 4) is 0 Å². The summed E-state index contributed by atoms with van der Waals surface area (Å²) in [6.45, 7) is 0.302. The molecule has 0 aliphatic carbocycles. The van der Waals surface area contributed by atoms with E-state index in [1.807, 2.05) is 0 Å². The van der Waals surface area contributed by atoms with Crippen LogP contribution in [0.3, 0.4) is 0 Å². The SMILES string of the molecule is CC(=O)/C=C\N(C(C)=O)[C@@H]1O[C@@](CO)(C(F)(F)F)[C@@H](O)[C@H]1F. The number of aliphatic hydroxyl groups excluding tert-OH is 2. The summed E-state index contributed by atoms with van der Waals surface area (Å²) in [5.74, 6) is -1.45. The van der Waals surface area contributed by atoms with Gasteiger partial charge < -0.3 is 14.9 Å². The van der Waals surface area contributed by atoms with E-state index in [-0.39, 0.29) is 0 Å². The zero-order valence-corrected chi connectivity index (χ0v) is 11.7. The van der Waals surface area contributed by atoms with Crippen LogP contribution >= 0.6 is 0 Å².